The predicted molar refractivity (Wildman–Crippen MR) is 123 cm³/mol. The maximum Gasteiger partial charge on any atom is 0.246 e. The van der Waals surface area contributed by atoms with Crippen molar-refractivity contribution in [3.8, 4) is 5.75 Å². The lowest BCUT2D eigenvalue weighted by molar-refractivity contribution is -0.116. The van der Waals surface area contributed by atoms with E-state index in [4.69, 9.17) is 4.74 Å². The summed E-state index contributed by atoms with van der Waals surface area (Å²) in [6.07, 6.45) is -0.134. The van der Waals surface area contributed by atoms with E-state index >= 15 is 0 Å². The van der Waals surface area contributed by atoms with Gasteiger partial charge < -0.3 is 10.1 Å². The lowest BCUT2D eigenvalue weighted by Gasteiger charge is -2.16. The van der Waals surface area contributed by atoms with Crippen LogP contribution in [0, 0.1) is 20.8 Å². The lowest BCUT2D eigenvalue weighted by atomic mass is 10.1. The Morgan fingerprint density at radius 1 is 1.00 bits per heavy atom. The first kappa shape index (κ1) is 25.8. The van der Waals surface area contributed by atoms with Crippen LogP contribution < -0.4 is 14.8 Å². The molecule has 0 heterocycles. The van der Waals surface area contributed by atoms with Crippen molar-refractivity contribution in [2.24, 2.45) is 0 Å². The molecule has 0 bridgehead atoms. The molecule has 11 heteroatoms. The van der Waals surface area contributed by atoms with Crippen LogP contribution in [0.2, 0.25) is 0 Å². The molecule has 0 aliphatic rings. The number of nitrogens with zero attached hydrogens (tertiary/aromatic N) is 1. The Bertz CT molecular complexity index is 1200. The molecule has 32 heavy (non-hydrogen) atoms. The zero-order valence-corrected chi connectivity index (χ0v) is 20.6. The Hall–Kier alpha value is -2.47. The van der Waals surface area contributed by atoms with Crippen molar-refractivity contribution < 1.29 is 26.4 Å². The topological polar surface area (TPSA) is 122 Å². The number of amides is 1. The molecule has 0 fully saturated rings. The maximum absolute atomic E-state index is 12.7. The number of methoxy groups -OCH3 is 1. The van der Waals surface area contributed by atoms with Crippen LogP contribution in [0.5, 0.6) is 5.75 Å². The highest BCUT2D eigenvalue weighted by atomic mass is 32.2. The Kier molecular flexibility index (Phi) is 8.05. The normalized spacial score (nSPS) is 12.1. The van der Waals surface area contributed by atoms with Crippen LogP contribution in [-0.2, 0) is 24.8 Å². The minimum Gasteiger partial charge on any atom is -0.495 e. The summed E-state index contributed by atoms with van der Waals surface area (Å²) in [7, 11) is -3.44. The van der Waals surface area contributed by atoms with Gasteiger partial charge in [0.25, 0.3) is 0 Å². The van der Waals surface area contributed by atoms with Crippen molar-refractivity contribution in [2.75, 3.05) is 33.1 Å². The third-order valence-corrected chi connectivity index (χ3v) is 8.33. The second-order valence-corrected chi connectivity index (χ2v) is 11.4. The Morgan fingerprint density at radius 3 is 2.12 bits per heavy atom. The molecule has 0 aliphatic heterocycles. The molecule has 9 nitrogen and oxygen atoms in total. The van der Waals surface area contributed by atoms with Crippen molar-refractivity contribution in [3.63, 3.8) is 0 Å². The molecule has 2 aromatic carbocycles. The van der Waals surface area contributed by atoms with Crippen LogP contribution in [0.3, 0.4) is 0 Å². The molecule has 0 atom stereocenters. The van der Waals surface area contributed by atoms with Crippen LogP contribution >= 0.6 is 0 Å². The fourth-order valence-corrected chi connectivity index (χ4v) is 5.89. The number of hydrogen-bond acceptors (Lipinski definition) is 6. The van der Waals surface area contributed by atoms with E-state index in [0.717, 1.165) is 9.87 Å². The van der Waals surface area contributed by atoms with Gasteiger partial charge in [-0.3, -0.25) is 4.79 Å². The second kappa shape index (κ2) is 9.99. The summed E-state index contributed by atoms with van der Waals surface area (Å²) in [5.41, 5.74) is 2.48. The molecule has 2 rings (SSSR count). The first-order chi connectivity index (χ1) is 14.8. The number of carbonyl (C=O) groups is 1. The summed E-state index contributed by atoms with van der Waals surface area (Å²) in [4.78, 5) is 12.4. The average Bonchev–Trinajstić information content (AvgIpc) is 2.66. The number of ether oxygens (including phenoxy) is 1. The molecule has 1 amide bonds. The molecule has 0 unspecified atom stereocenters. The summed E-state index contributed by atoms with van der Waals surface area (Å²) in [6, 6.07) is 7.83. The number of aryl methyl sites for hydroxylation is 3. The van der Waals surface area contributed by atoms with Crippen molar-refractivity contribution in [1.82, 2.24) is 9.03 Å². The largest absolute Gasteiger partial charge is 0.495 e. The number of hydrogen-bond donors (Lipinski definition) is 2. The minimum atomic E-state index is -3.79. The summed E-state index contributed by atoms with van der Waals surface area (Å²) < 4.78 is 59.0. The number of nitrogens with one attached hydrogen (secondary N) is 2. The molecule has 2 N–H and O–H groups in total. The number of sulfonamides is 2. The van der Waals surface area contributed by atoms with E-state index in [1.165, 1.54) is 39.4 Å². The first-order valence-electron chi connectivity index (χ1n) is 9.77. The van der Waals surface area contributed by atoms with Crippen molar-refractivity contribution in [2.45, 2.75) is 37.0 Å². The molecular weight excluding hydrogens is 454 g/mol. The molecule has 0 aromatic heterocycles. The van der Waals surface area contributed by atoms with Gasteiger partial charge >= 0.3 is 0 Å². The van der Waals surface area contributed by atoms with E-state index in [2.05, 4.69) is 10.0 Å². The van der Waals surface area contributed by atoms with Gasteiger partial charge in [-0.05, 0) is 50.1 Å². The van der Waals surface area contributed by atoms with Crippen molar-refractivity contribution in [1.29, 1.82) is 0 Å². The quantitative estimate of drug-likeness (QED) is 0.564. The van der Waals surface area contributed by atoms with Gasteiger partial charge in [-0.1, -0.05) is 17.7 Å². The van der Waals surface area contributed by atoms with E-state index < -0.39 is 26.0 Å². The van der Waals surface area contributed by atoms with Gasteiger partial charge in [0.1, 0.15) is 10.6 Å². The number of rotatable bonds is 9. The van der Waals surface area contributed by atoms with Crippen LogP contribution in [0.25, 0.3) is 0 Å². The number of benzene rings is 2. The second-order valence-electron chi connectivity index (χ2n) is 7.58. The maximum atomic E-state index is 12.7. The Morgan fingerprint density at radius 2 is 1.59 bits per heavy atom. The fraction of sp³-hybridized carbons (Fsp3) is 0.381. The molecule has 0 saturated carbocycles. The third-order valence-electron chi connectivity index (χ3n) is 4.72. The molecule has 0 spiro atoms. The number of carbonyl (C=O) groups excluding carboxylic acids is 1. The smallest absolute Gasteiger partial charge is 0.246 e. The van der Waals surface area contributed by atoms with Crippen LogP contribution in [-0.4, -0.2) is 54.8 Å². The van der Waals surface area contributed by atoms with E-state index in [9.17, 15) is 21.6 Å². The summed E-state index contributed by atoms with van der Waals surface area (Å²) >= 11 is 0. The van der Waals surface area contributed by atoms with Crippen molar-refractivity contribution in [3.05, 3.63) is 47.0 Å². The van der Waals surface area contributed by atoms with Gasteiger partial charge in [0.15, 0.2) is 0 Å². The van der Waals surface area contributed by atoms with Gasteiger partial charge in [0, 0.05) is 32.7 Å². The highest BCUT2D eigenvalue weighted by molar-refractivity contribution is 7.89. The third kappa shape index (κ3) is 5.85. The van der Waals surface area contributed by atoms with E-state index in [1.807, 2.05) is 6.92 Å². The van der Waals surface area contributed by atoms with E-state index in [1.54, 1.807) is 26.0 Å². The first-order valence-corrected chi connectivity index (χ1v) is 12.7. The SMILES string of the molecule is COc1ccc(NC(=O)CCNS(=O)(=O)c2c(C)cc(C)cc2C)cc1S(=O)(=O)N(C)C. The average molecular weight is 484 g/mol. The lowest BCUT2D eigenvalue weighted by Crippen LogP contribution is -2.29. The van der Waals surface area contributed by atoms with Gasteiger partial charge in [-0.15, -0.1) is 0 Å². The van der Waals surface area contributed by atoms with E-state index in [0.29, 0.717) is 11.1 Å². The zero-order valence-electron chi connectivity index (χ0n) is 19.0. The van der Waals surface area contributed by atoms with Crippen molar-refractivity contribution >= 4 is 31.6 Å². The fourth-order valence-electron chi connectivity index (χ4n) is 3.34. The van der Waals surface area contributed by atoms with Gasteiger partial charge in [0.2, 0.25) is 26.0 Å². The van der Waals surface area contributed by atoms with Gasteiger partial charge in [-0.2, -0.15) is 0 Å². The highest BCUT2D eigenvalue weighted by Crippen LogP contribution is 2.29. The van der Waals surface area contributed by atoms with Gasteiger partial charge in [0.05, 0.1) is 12.0 Å². The molecule has 2 aromatic rings. The summed E-state index contributed by atoms with van der Waals surface area (Å²) in [5.74, 6) is -0.322. The molecular formula is C21H29N3O6S2. The predicted octanol–water partition coefficient (Wildman–Crippen LogP) is 2.18. The molecule has 0 aliphatic carbocycles. The number of anilines is 1. The monoisotopic (exact) mass is 483 g/mol. The Balaban J connectivity index is 2.10. The summed E-state index contributed by atoms with van der Waals surface area (Å²) in [6.45, 7) is 5.23. The Labute approximate surface area is 189 Å². The highest BCUT2D eigenvalue weighted by Gasteiger charge is 2.23. The van der Waals surface area contributed by atoms with E-state index in [-0.39, 0.29) is 34.2 Å². The standard InChI is InChI=1S/C21H29N3O6S2/c1-14-11-15(2)21(16(3)12-14)31(26,27)22-10-9-20(25)23-17-7-8-18(30-6)19(13-17)32(28,29)24(4)5/h7-8,11-13,22H,9-10H2,1-6H3,(H,23,25). The molecule has 0 saturated heterocycles. The van der Waals surface area contributed by atoms with Gasteiger partial charge in [-0.25, -0.2) is 25.9 Å². The van der Waals surface area contributed by atoms with Crippen LogP contribution in [0.15, 0.2) is 40.1 Å². The molecule has 0 radical (unpaired) electrons. The van der Waals surface area contributed by atoms with Crippen LogP contribution in [0.4, 0.5) is 5.69 Å². The minimum absolute atomic E-state index is 0.0891. The zero-order chi connectivity index (χ0) is 24.3. The molecule has 176 valence electrons. The summed E-state index contributed by atoms with van der Waals surface area (Å²) in [5, 5.41) is 2.59. The van der Waals surface area contributed by atoms with Crippen LogP contribution in [0.1, 0.15) is 23.1 Å².